The summed E-state index contributed by atoms with van der Waals surface area (Å²) in [5, 5.41) is 3.21. The lowest BCUT2D eigenvalue weighted by Crippen LogP contribution is -2.40. The van der Waals surface area contributed by atoms with E-state index in [1.807, 2.05) is 7.05 Å². The van der Waals surface area contributed by atoms with Gasteiger partial charge < -0.3 is 9.88 Å². The van der Waals surface area contributed by atoms with Crippen molar-refractivity contribution in [2.75, 3.05) is 20.1 Å². The molecule has 1 saturated heterocycles. The van der Waals surface area contributed by atoms with Crippen molar-refractivity contribution in [1.29, 1.82) is 0 Å². The molecule has 1 aromatic rings. The molecule has 7 heteroatoms. The first kappa shape index (κ1) is 13.5. The van der Waals surface area contributed by atoms with Crippen LogP contribution in [0.2, 0.25) is 0 Å². The highest BCUT2D eigenvalue weighted by Gasteiger charge is 2.36. The molecule has 0 bridgehead atoms. The van der Waals surface area contributed by atoms with Gasteiger partial charge in [0.1, 0.15) is 5.82 Å². The van der Waals surface area contributed by atoms with Crippen molar-refractivity contribution < 1.29 is 8.42 Å². The zero-order valence-corrected chi connectivity index (χ0v) is 11.9. The number of nitrogens with zero attached hydrogens (tertiary/aromatic N) is 3. The Balaban J connectivity index is 2.30. The average molecular weight is 272 g/mol. The van der Waals surface area contributed by atoms with Crippen LogP contribution in [-0.4, -0.2) is 48.5 Å². The maximum absolute atomic E-state index is 12.5. The summed E-state index contributed by atoms with van der Waals surface area (Å²) in [7, 11) is 0.193. The summed E-state index contributed by atoms with van der Waals surface area (Å²) in [4.78, 5) is 4.13. The monoisotopic (exact) mass is 272 g/mol. The number of aryl methyl sites for hydroxylation is 2. The molecule has 18 heavy (non-hydrogen) atoms. The van der Waals surface area contributed by atoms with Gasteiger partial charge >= 0.3 is 0 Å². The molecule has 0 aromatic carbocycles. The molecule has 102 valence electrons. The number of imidazole rings is 1. The molecular formula is C11H20N4O2S. The molecule has 1 N–H and O–H groups in total. The Morgan fingerprint density at radius 3 is 2.83 bits per heavy atom. The van der Waals surface area contributed by atoms with E-state index >= 15 is 0 Å². The molecule has 0 saturated carbocycles. The highest BCUT2D eigenvalue weighted by atomic mass is 32.2. The minimum Gasteiger partial charge on any atom is -0.337 e. The molecule has 1 fully saturated rings. The van der Waals surface area contributed by atoms with Gasteiger partial charge in [0.25, 0.3) is 10.0 Å². The molecule has 1 unspecified atom stereocenters. The fourth-order valence-corrected chi connectivity index (χ4v) is 4.06. The first-order chi connectivity index (χ1) is 8.46. The third-order valence-corrected chi connectivity index (χ3v) is 5.25. The molecule has 0 aliphatic carbocycles. The van der Waals surface area contributed by atoms with Gasteiger partial charge in [-0.3, -0.25) is 0 Å². The lowest BCUT2D eigenvalue weighted by Gasteiger charge is -2.22. The fourth-order valence-electron chi connectivity index (χ4n) is 2.34. The Morgan fingerprint density at radius 2 is 2.28 bits per heavy atom. The van der Waals surface area contributed by atoms with E-state index in [4.69, 9.17) is 0 Å². The first-order valence-electron chi connectivity index (χ1n) is 6.13. The lowest BCUT2D eigenvalue weighted by molar-refractivity contribution is 0.378. The van der Waals surface area contributed by atoms with Crippen LogP contribution in [0.15, 0.2) is 11.2 Å². The highest BCUT2D eigenvalue weighted by molar-refractivity contribution is 7.89. The van der Waals surface area contributed by atoms with E-state index in [1.54, 1.807) is 29.0 Å². The number of sulfonamides is 1. The lowest BCUT2D eigenvalue weighted by atomic mass is 10.2. The third-order valence-electron chi connectivity index (χ3n) is 3.42. The van der Waals surface area contributed by atoms with E-state index in [0.29, 0.717) is 18.9 Å². The average Bonchev–Trinajstić information content (AvgIpc) is 2.88. The maximum Gasteiger partial charge on any atom is 0.262 e. The second kappa shape index (κ2) is 4.99. The molecule has 0 radical (unpaired) electrons. The van der Waals surface area contributed by atoms with Gasteiger partial charge in [-0.25, -0.2) is 13.4 Å². The number of rotatable bonds is 4. The molecule has 0 amide bonds. The van der Waals surface area contributed by atoms with E-state index in [1.165, 1.54) is 0 Å². The van der Waals surface area contributed by atoms with Crippen LogP contribution in [0.5, 0.6) is 0 Å². The van der Waals surface area contributed by atoms with E-state index < -0.39 is 10.0 Å². The Labute approximate surface area is 108 Å². The molecule has 2 heterocycles. The summed E-state index contributed by atoms with van der Waals surface area (Å²) in [5.41, 5.74) is 0. The molecule has 1 aliphatic rings. The smallest absolute Gasteiger partial charge is 0.262 e. The standard InChI is InChI=1S/C11H20N4O2S/c1-9-13-11(8-14(9)3)18(16,17)15-6-4-5-10(15)7-12-2/h8,10,12H,4-7H2,1-3H3. The normalized spacial score (nSPS) is 21.6. The maximum atomic E-state index is 12.5. The van der Waals surface area contributed by atoms with Gasteiger partial charge in [-0.15, -0.1) is 0 Å². The molecule has 1 aromatic heterocycles. The predicted octanol–water partition coefficient (Wildman–Crippen LogP) is 0.101. The second-order valence-electron chi connectivity index (χ2n) is 4.71. The minimum atomic E-state index is -3.45. The zero-order chi connectivity index (χ0) is 13.3. The highest BCUT2D eigenvalue weighted by Crippen LogP contribution is 2.25. The number of nitrogens with one attached hydrogen (secondary N) is 1. The van der Waals surface area contributed by atoms with E-state index in [9.17, 15) is 8.42 Å². The van der Waals surface area contributed by atoms with Crippen LogP contribution >= 0.6 is 0 Å². The molecule has 1 atom stereocenters. The fraction of sp³-hybridized carbons (Fsp3) is 0.727. The predicted molar refractivity (Wildman–Crippen MR) is 68.8 cm³/mol. The Bertz CT molecular complexity index is 504. The number of likely N-dealkylation sites (N-methyl/N-ethyl adjacent to an activating group) is 1. The van der Waals surface area contributed by atoms with Crippen molar-refractivity contribution in [1.82, 2.24) is 19.2 Å². The van der Waals surface area contributed by atoms with Crippen LogP contribution in [0, 0.1) is 6.92 Å². The van der Waals surface area contributed by atoms with Crippen LogP contribution in [0.25, 0.3) is 0 Å². The van der Waals surface area contributed by atoms with Crippen LogP contribution in [-0.2, 0) is 17.1 Å². The van der Waals surface area contributed by atoms with Gasteiger partial charge in [-0.1, -0.05) is 0 Å². The topological polar surface area (TPSA) is 67.2 Å². The summed E-state index contributed by atoms with van der Waals surface area (Å²) >= 11 is 0. The van der Waals surface area contributed by atoms with Crippen LogP contribution in [0.3, 0.4) is 0 Å². The molecule has 1 aliphatic heterocycles. The molecule has 2 rings (SSSR count). The van der Waals surface area contributed by atoms with Crippen LogP contribution in [0.1, 0.15) is 18.7 Å². The second-order valence-corrected chi connectivity index (χ2v) is 6.54. The van der Waals surface area contributed by atoms with Crippen LogP contribution < -0.4 is 5.32 Å². The van der Waals surface area contributed by atoms with Gasteiger partial charge in [0.15, 0.2) is 5.03 Å². The van der Waals surface area contributed by atoms with Gasteiger partial charge in [-0.05, 0) is 26.8 Å². The van der Waals surface area contributed by atoms with Crippen molar-refractivity contribution >= 4 is 10.0 Å². The number of aromatic nitrogens is 2. The van der Waals surface area contributed by atoms with E-state index in [-0.39, 0.29) is 11.1 Å². The first-order valence-corrected chi connectivity index (χ1v) is 7.57. The Morgan fingerprint density at radius 1 is 1.56 bits per heavy atom. The molecular weight excluding hydrogens is 252 g/mol. The summed E-state index contributed by atoms with van der Waals surface area (Å²) in [6, 6.07) is 0.0438. The van der Waals surface area contributed by atoms with Crippen LogP contribution in [0.4, 0.5) is 0 Å². The zero-order valence-electron chi connectivity index (χ0n) is 11.0. The summed E-state index contributed by atoms with van der Waals surface area (Å²) in [5.74, 6) is 0.706. The summed E-state index contributed by atoms with van der Waals surface area (Å²) in [6.07, 6.45) is 3.41. The minimum absolute atomic E-state index is 0.0438. The Hall–Kier alpha value is -0.920. The summed E-state index contributed by atoms with van der Waals surface area (Å²) < 4.78 is 28.3. The SMILES string of the molecule is CNCC1CCCN1S(=O)(=O)c1cn(C)c(C)n1. The van der Waals surface area contributed by atoms with Crippen molar-refractivity contribution in [3.05, 3.63) is 12.0 Å². The number of hydrogen-bond donors (Lipinski definition) is 1. The largest absolute Gasteiger partial charge is 0.337 e. The van der Waals surface area contributed by atoms with Crippen molar-refractivity contribution in [2.24, 2.45) is 7.05 Å². The van der Waals surface area contributed by atoms with Gasteiger partial charge in [0.2, 0.25) is 0 Å². The van der Waals surface area contributed by atoms with E-state index in [2.05, 4.69) is 10.3 Å². The summed E-state index contributed by atoms with van der Waals surface area (Å²) in [6.45, 7) is 3.07. The van der Waals surface area contributed by atoms with Crippen molar-refractivity contribution in [2.45, 2.75) is 30.8 Å². The van der Waals surface area contributed by atoms with Crippen molar-refractivity contribution in [3.8, 4) is 0 Å². The molecule has 0 spiro atoms. The third kappa shape index (κ3) is 2.30. The Kier molecular flexibility index (Phi) is 3.74. The van der Waals surface area contributed by atoms with Gasteiger partial charge in [0.05, 0.1) is 0 Å². The van der Waals surface area contributed by atoms with E-state index in [0.717, 1.165) is 12.8 Å². The van der Waals surface area contributed by atoms with Gasteiger partial charge in [0, 0.05) is 32.4 Å². The molecule has 6 nitrogen and oxygen atoms in total. The van der Waals surface area contributed by atoms with Crippen molar-refractivity contribution in [3.63, 3.8) is 0 Å². The van der Waals surface area contributed by atoms with Gasteiger partial charge in [-0.2, -0.15) is 4.31 Å². The quantitative estimate of drug-likeness (QED) is 0.844. The number of hydrogen-bond acceptors (Lipinski definition) is 4.